The topological polar surface area (TPSA) is 82.9 Å². The summed E-state index contributed by atoms with van der Waals surface area (Å²) in [4.78, 5) is 35.1. The van der Waals surface area contributed by atoms with E-state index in [0.29, 0.717) is 18.2 Å². The van der Waals surface area contributed by atoms with E-state index >= 15 is 0 Å². The largest absolute Gasteiger partial charge is 0.381 e. The number of ether oxygens (including phenoxy) is 1. The van der Waals surface area contributed by atoms with Gasteiger partial charge in [0.2, 0.25) is 5.91 Å². The lowest BCUT2D eigenvalue weighted by molar-refractivity contribution is -0.135. The Bertz CT molecular complexity index is 1000. The number of aromatic nitrogens is 3. The molecule has 2 fully saturated rings. The maximum Gasteiger partial charge on any atom is 0.277 e. The first kappa shape index (κ1) is 19.8. The number of likely N-dealkylation sites (tertiary alicyclic amines) is 1. The number of rotatable bonds is 3. The van der Waals surface area contributed by atoms with Crippen LogP contribution in [0.25, 0.3) is 5.65 Å². The molecule has 0 radical (unpaired) electrons. The van der Waals surface area contributed by atoms with E-state index in [1.807, 2.05) is 24.8 Å². The van der Waals surface area contributed by atoms with Crippen LogP contribution in [0.1, 0.15) is 62.5 Å². The minimum atomic E-state index is -0.0284. The first-order valence-corrected chi connectivity index (χ1v) is 11.3. The monoisotopic (exact) mass is 413 g/mol. The first-order chi connectivity index (χ1) is 14.5. The summed E-state index contributed by atoms with van der Waals surface area (Å²) in [6, 6.07) is 2.44. The number of nitrogens with one attached hydrogen (secondary N) is 1. The SMILES string of the molecule is CC(C)C(=O)N1CCCC1c1cc2nc3c(c(=O)n2[nH]1)CN(C1CCOCC1)CC3. The van der Waals surface area contributed by atoms with Crippen molar-refractivity contribution in [2.75, 3.05) is 26.3 Å². The Morgan fingerprint density at radius 2 is 2.03 bits per heavy atom. The molecule has 8 nitrogen and oxygen atoms in total. The van der Waals surface area contributed by atoms with Gasteiger partial charge < -0.3 is 9.64 Å². The summed E-state index contributed by atoms with van der Waals surface area (Å²) in [5.74, 6) is 0.141. The maximum atomic E-state index is 13.3. The number of H-pyrrole nitrogens is 1. The van der Waals surface area contributed by atoms with Gasteiger partial charge in [-0.25, -0.2) is 9.50 Å². The third kappa shape index (κ3) is 3.36. The summed E-state index contributed by atoms with van der Waals surface area (Å²) in [7, 11) is 0. The molecule has 1 N–H and O–H groups in total. The van der Waals surface area contributed by atoms with E-state index in [1.165, 1.54) is 0 Å². The summed E-state index contributed by atoms with van der Waals surface area (Å²) < 4.78 is 7.08. The van der Waals surface area contributed by atoms with Crippen LogP contribution in [0.3, 0.4) is 0 Å². The molecule has 8 heteroatoms. The van der Waals surface area contributed by atoms with Crippen LogP contribution in [0.15, 0.2) is 10.9 Å². The summed E-state index contributed by atoms with van der Waals surface area (Å²) >= 11 is 0. The molecular weight excluding hydrogens is 382 g/mol. The summed E-state index contributed by atoms with van der Waals surface area (Å²) in [5.41, 5.74) is 3.31. The molecular formula is C22H31N5O3. The van der Waals surface area contributed by atoms with E-state index in [4.69, 9.17) is 9.72 Å². The Hall–Kier alpha value is -2.19. The number of fused-ring (bicyclic) bond motifs is 2. The van der Waals surface area contributed by atoms with Gasteiger partial charge in [-0.05, 0) is 25.7 Å². The van der Waals surface area contributed by atoms with Gasteiger partial charge in [0.1, 0.15) is 0 Å². The minimum absolute atomic E-state index is 0.00209. The van der Waals surface area contributed by atoms with Gasteiger partial charge in [0, 0.05) is 57.3 Å². The fourth-order valence-corrected chi connectivity index (χ4v) is 5.24. The van der Waals surface area contributed by atoms with Crippen LogP contribution in [-0.4, -0.2) is 62.7 Å². The van der Waals surface area contributed by atoms with Crippen molar-refractivity contribution >= 4 is 11.6 Å². The number of amides is 1. The second kappa shape index (κ2) is 7.81. The number of carbonyl (C=O) groups is 1. The lowest BCUT2D eigenvalue weighted by atomic mass is 10.0. The molecule has 1 unspecified atom stereocenters. The standard InChI is InChI=1S/C22H31N5O3/c1-14(2)21(28)26-8-3-4-19(26)18-12-20-23-17-5-9-25(15-6-10-30-11-7-15)13-16(17)22(29)27(20)24-18/h12,14-15,19,24H,3-11,13H2,1-2H3. The van der Waals surface area contributed by atoms with Crippen LogP contribution in [0.4, 0.5) is 0 Å². The highest BCUT2D eigenvalue weighted by Crippen LogP contribution is 2.32. The van der Waals surface area contributed by atoms with E-state index in [2.05, 4.69) is 10.00 Å². The molecule has 0 aromatic carbocycles. The first-order valence-electron chi connectivity index (χ1n) is 11.3. The van der Waals surface area contributed by atoms with Crippen molar-refractivity contribution in [2.24, 2.45) is 5.92 Å². The summed E-state index contributed by atoms with van der Waals surface area (Å²) in [6.07, 6.45) is 4.76. The van der Waals surface area contributed by atoms with Crippen LogP contribution < -0.4 is 5.56 Å². The van der Waals surface area contributed by atoms with E-state index in [1.54, 1.807) is 4.52 Å². The third-order valence-corrected chi connectivity index (χ3v) is 6.91. The Morgan fingerprint density at radius 3 is 2.80 bits per heavy atom. The molecule has 0 bridgehead atoms. The quantitative estimate of drug-likeness (QED) is 0.831. The van der Waals surface area contributed by atoms with E-state index in [9.17, 15) is 9.59 Å². The number of carbonyl (C=O) groups excluding carboxylic acids is 1. The average molecular weight is 414 g/mol. The smallest absolute Gasteiger partial charge is 0.277 e. The molecule has 3 aliphatic heterocycles. The van der Waals surface area contributed by atoms with E-state index in [-0.39, 0.29) is 23.4 Å². The van der Waals surface area contributed by atoms with Gasteiger partial charge in [-0.2, -0.15) is 0 Å². The zero-order valence-electron chi connectivity index (χ0n) is 17.9. The van der Waals surface area contributed by atoms with Gasteiger partial charge in [-0.3, -0.25) is 19.6 Å². The predicted octanol–water partition coefficient (Wildman–Crippen LogP) is 1.88. The number of hydrogen-bond donors (Lipinski definition) is 1. The number of aromatic amines is 1. The van der Waals surface area contributed by atoms with Crippen LogP contribution in [-0.2, 0) is 22.5 Å². The Labute approximate surface area is 176 Å². The molecule has 2 aromatic rings. The molecule has 1 amide bonds. The highest BCUT2D eigenvalue weighted by atomic mass is 16.5. The van der Waals surface area contributed by atoms with E-state index in [0.717, 1.165) is 75.4 Å². The Balaban J connectivity index is 1.46. The van der Waals surface area contributed by atoms with Crippen LogP contribution in [0, 0.1) is 5.92 Å². The van der Waals surface area contributed by atoms with Crippen molar-refractivity contribution in [1.82, 2.24) is 24.4 Å². The molecule has 0 aliphatic carbocycles. The van der Waals surface area contributed by atoms with Gasteiger partial charge in [0.15, 0.2) is 5.65 Å². The highest BCUT2D eigenvalue weighted by Gasteiger charge is 2.33. The van der Waals surface area contributed by atoms with E-state index < -0.39 is 0 Å². The second-order valence-electron chi connectivity index (χ2n) is 9.16. The molecule has 3 aliphatic rings. The van der Waals surface area contributed by atoms with Crippen molar-refractivity contribution < 1.29 is 9.53 Å². The Morgan fingerprint density at radius 1 is 1.23 bits per heavy atom. The molecule has 2 saturated heterocycles. The lowest BCUT2D eigenvalue weighted by Gasteiger charge is -2.36. The molecule has 2 aromatic heterocycles. The summed E-state index contributed by atoms with van der Waals surface area (Å²) in [6.45, 7) is 7.85. The minimum Gasteiger partial charge on any atom is -0.381 e. The third-order valence-electron chi connectivity index (χ3n) is 6.91. The summed E-state index contributed by atoms with van der Waals surface area (Å²) in [5, 5.41) is 3.28. The molecule has 0 saturated carbocycles. The van der Waals surface area contributed by atoms with Crippen molar-refractivity contribution in [2.45, 2.75) is 64.6 Å². The van der Waals surface area contributed by atoms with Crippen LogP contribution in [0.2, 0.25) is 0 Å². The fraction of sp³-hybridized carbons (Fsp3) is 0.682. The lowest BCUT2D eigenvalue weighted by Crippen LogP contribution is -2.44. The molecule has 5 heterocycles. The molecule has 162 valence electrons. The average Bonchev–Trinajstić information content (AvgIpc) is 3.41. The predicted molar refractivity (Wildman–Crippen MR) is 112 cm³/mol. The Kier molecular flexibility index (Phi) is 5.14. The van der Waals surface area contributed by atoms with Gasteiger partial charge in [-0.1, -0.05) is 13.8 Å². The molecule has 30 heavy (non-hydrogen) atoms. The zero-order valence-corrected chi connectivity index (χ0v) is 17.9. The van der Waals surface area contributed by atoms with Gasteiger partial charge in [0.05, 0.1) is 23.0 Å². The zero-order chi connectivity index (χ0) is 20.8. The fourth-order valence-electron chi connectivity index (χ4n) is 5.24. The van der Waals surface area contributed by atoms with Gasteiger partial charge in [-0.15, -0.1) is 0 Å². The molecule has 0 spiro atoms. The van der Waals surface area contributed by atoms with Crippen molar-refractivity contribution in [3.05, 3.63) is 33.4 Å². The van der Waals surface area contributed by atoms with Gasteiger partial charge >= 0.3 is 0 Å². The second-order valence-corrected chi connectivity index (χ2v) is 9.16. The van der Waals surface area contributed by atoms with Gasteiger partial charge in [0.25, 0.3) is 5.56 Å². The van der Waals surface area contributed by atoms with Crippen molar-refractivity contribution in [1.29, 1.82) is 0 Å². The molecule has 5 rings (SSSR count). The number of nitrogens with zero attached hydrogens (tertiary/aromatic N) is 4. The van der Waals surface area contributed by atoms with Crippen LogP contribution in [0.5, 0.6) is 0 Å². The molecule has 1 atom stereocenters. The highest BCUT2D eigenvalue weighted by molar-refractivity contribution is 5.78. The normalized spacial score (nSPS) is 23.4. The maximum absolute atomic E-state index is 13.3. The van der Waals surface area contributed by atoms with Crippen molar-refractivity contribution in [3.63, 3.8) is 0 Å². The number of hydrogen-bond acceptors (Lipinski definition) is 5. The van der Waals surface area contributed by atoms with Crippen LogP contribution >= 0.6 is 0 Å². The van der Waals surface area contributed by atoms with Crippen molar-refractivity contribution in [3.8, 4) is 0 Å².